The Balaban J connectivity index is 0.000000295. The van der Waals surface area contributed by atoms with Crippen LogP contribution in [0.25, 0.3) is 0 Å². The molecule has 2 atom stereocenters. The van der Waals surface area contributed by atoms with Gasteiger partial charge in [0.1, 0.15) is 12.4 Å². The van der Waals surface area contributed by atoms with Crippen LogP contribution in [-0.4, -0.2) is 23.5 Å². The predicted octanol–water partition coefficient (Wildman–Crippen LogP) is 4.13. The second-order valence-corrected chi connectivity index (χ2v) is 6.46. The Morgan fingerprint density at radius 2 is 2.14 bits per heavy atom. The lowest BCUT2D eigenvalue weighted by Crippen LogP contribution is -2.20. The summed E-state index contributed by atoms with van der Waals surface area (Å²) in [6.07, 6.45) is 2.96. The predicted molar refractivity (Wildman–Crippen MR) is 85.3 cm³/mol. The van der Waals surface area contributed by atoms with E-state index in [0.29, 0.717) is 0 Å². The van der Waals surface area contributed by atoms with Crippen LogP contribution in [0, 0.1) is 29.0 Å². The molecule has 120 valence electrons. The van der Waals surface area contributed by atoms with Gasteiger partial charge in [-0.15, -0.1) is 11.8 Å². The van der Waals surface area contributed by atoms with Crippen molar-refractivity contribution in [2.45, 2.75) is 31.1 Å². The van der Waals surface area contributed by atoms with Crippen molar-refractivity contribution in [2.24, 2.45) is 11.8 Å². The minimum Gasteiger partial charge on any atom is -0.465 e. The van der Waals surface area contributed by atoms with Crippen LogP contribution in [0.4, 0.5) is 9.18 Å². The molecular formula is C16H21FN2O2S. The minimum atomic E-state index is -1.17. The molecule has 0 bridgehead atoms. The van der Waals surface area contributed by atoms with Crippen LogP contribution in [-0.2, 0) is 0 Å². The molecule has 4 nitrogen and oxygen atoms in total. The van der Waals surface area contributed by atoms with E-state index in [2.05, 4.69) is 6.92 Å². The molecule has 1 aliphatic carbocycles. The molecule has 0 saturated heterocycles. The van der Waals surface area contributed by atoms with Crippen LogP contribution in [0.3, 0.4) is 0 Å². The molecule has 0 spiro atoms. The maximum atomic E-state index is 12.7. The molecule has 0 radical (unpaired) electrons. The Kier molecular flexibility index (Phi) is 8.38. The average molecular weight is 324 g/mol. The summed E-state index contributed by atoms with van der Waals surface area (Å²) in [6, 6.07) is 8.44. The van der Waals surface area contributed by atoms with E-state index >= 15 is 0 Å². The van der Waals surface area contributed by atoms with Gasteiger partial charge in [-0.25, -0.2) is 9.18 Å². The summed E-state index contributed by atoms with van der Waals surface area (Å²) in [5, 5.41) is 17.4. The zero-order valence-corrected chi connectivity index (χ0v) is 13.4. The topological polar surface area (TPSA) is 73.1 Å². The number of carboxylic acid groups (broad SMARTS) is 1. The smallest absolute Gasteiger partial charge is 0.405 e. The van der Waals surface area contributed by atoms with E-state index in [1.165, 1.54) is 29.9 Å². The van der Waals surface area contributed by atoms with Gasteiger partial charge in [0.05, 0.1) is 6.07 Å². The van der Waals surface area contributed by atoms with Crippen molar-refractivity contribution in [3.05, 3.63) is 30.1 Å². The first-order valence-corrected chi connectivity index (χ1v) is 8.22. The Bertz CT molecular complexity index is 502. The molecule has 0 aliphatic heterocycles. The molecule has 1 aromatic rings. The second-order valence-electron chi connectivity index (χ2n) is 5.37. The van der Waals surface area contributed by atoms with Crippen molar-refractivity contribution in [3.63, 3.8) is 0 Å². The van der Waals surface area contributed by atoms with Crippen LogP contribution in [0.1, 0.15) is 26.2 Å². The summed E-state index contributed by atoms with van der Waals surface area (Å²) in [5.74, 6) is 2.82. The molecule has 6 heteroatoms. The highest BCUT2D eigenvalue weighted by Crippen LogP contribution is 2.34. The lowest BCUT2D eigenvalue weighted by Gasteiger charge is -2.08. The number of hydrogen-bond donors (Lipinski definition) is 2. The third-order valence-electron chi connectivity index (χ3n) is 3.42. The van der Waals surface area contributed by atoms with E-state index in [-0.39, 0.29) is 12.4 Å². The van der Waals surface area contributed by atoms with Gasteiger partial charge >= 0.3 is 6.09 Å². The zero-order chi connectivity index (χ0) is 16.4. The normalized spacial score (nSPS) is 19.7. The van der Waals surface area contributed by atoms with E-state index < -0.39 is 6.09 Å². The second kappa shape index (κ2) is 10.1. The number of halogens is 1. The fourth-order valence-electron chi connectivity index (χ4n) is 2.34. The summed E-state index contributed by atoms with van der Waals surface area (Å²) in [4.78, 5) is 10.7. The standard InChI is InChI=1S/C13H17FS.C3H4N2O2/c1-10-2-3-11(8-10)9-15-13-6-4-12(14)5-7-13;4-1-2-5-3(6)7/h4-7,10-11H,2-3,8-9H2,1H3;5H,2H2,(H,6,7)/t10-,11-;/m0./s1. The van der Waals surface area contributed by atoms with Crippen molar-refractivity contribution < 1.29 is 14.3 Å². The maximum Gasteiger partial charge on any atom is 0.405 e. The molecular weight excluding hydrogens is 303 g/mol. The molecule has 2 N–H and O–H groups in total. The number of amides is 1. The molecule has 1 saturated carbocycles. The van der Waals surface area contributed by atoms with E-state index in [0.717, 1.165) is 11.8 Å². The number of hydrogen-bond acceptors (Lipinski definition) is 3. The molecule has 0 heterocycles. The summed E-state index contributed by atoms with van der Waals surface area (Å²) >= 11 is 1.86. The van der Waals surface area contributed by atoms with Gasteiger partial charge < -0.3 is 10.4 Å². The first-order chi connectivity index (χ1) is 10.5. The van der Waals surface area contributed by atoms with Crippen LogP contribution in [0.15, 0.2) is 29.2 Å². The van der Waals surface area contributed by atoms with Gasteiger partial charge in [0.2, 0.25) is 0 Å². The van der Waals surface area contributed by atoms with E-state index in [9.17, 15) is 9.18 Å². The first kappa shape index (κ1) is 18.3. The van der Waals surface area contributed by atoms with Crippen molar-refractivity contribution in [2.75, 3.05) is 12.3 Å². The van der Waals surface area contributed by atoms with Crippen LogP contribution < -0.4 is 5.32 Å². The molecule has 1 amide bonds. The highest BCUT2D eigenvalue weighted by atomic mass is 32.2. The first-order valence-electron chi connectivity index (χ1n) is 7.23. The summed E-state index contributed by atoms with van der Waals surface area (Å²) < 4.78 is 12.7. The van der Waals surface area contributed by atoms with Crippen molar-refractivity contribution >= 4 is 17.9 Å². The fourth-order valence-corrected chi connectivity index (χ4v) is 3.40. The third-order valence-corrected chi connectivity index (χ3v) is 4.66. The highest BCUT2D eigenvalue weighted by molar-refractivity contribution is 7.99. The van der Waals surface area contributed by atoms with Gasteiger partial charge in [0.25, 0.3) is 0 Å². The zero-order valence-electron chi connectivity index (χ0n) is 12.6. The molecule has 1 fully saturated rings. The van der Waals surface area contributed by atoms with Crippen LogP contribution in [0.2, 0.25) is 0 Å². The monoisotopic (exact) mass is 324 g/mol. The number of nitrogens with zero attached hydrogens (tertiary/aromatic N) is 1. The van der Waals surface area contributed by atoms with Gasteiger partial charge in [0, 0.05) is 10.6 Å². The van der Waals surface area contributed by atoms with E-state index in [1.807, 2.05) is 29.2 Å². The number of carbonyl (C=O) groups is 1. The van der Waals surface area contributed by atoms with Gasteiger partial charge in [-0.2, -0.15) is 5.26 Å². The quantitative estimate of drug-likeness (QED) is 0.645. The Labute approximate surface area is 134 Å². The van der Waals surface area contributed by atoms with Gasteiger partial charge in [-0.05, 0) is 48.9 Å². The Hall–Kier alpha value is -1.74. The Morgan fingerprint density at radius 1 is 1.45 bits per heavy atom. The molecule has 2 rings (SSSR count). The Morgan fingerprint density at radius 3 is 2.59 bits per heavy atom. The number of nitrogens with one attached hydrogen (secondary N) is 1. The minimum absolute atomic E-state index is 0.144. The summed E-state index contributed by atoms with van der Waals surface area (Å²) in [5.41, 5.74) is 0. The number of thioether (sulfide) groups is 1. The lowest BCUT2D eigenvalue weighted by atomic mass is 10.1. The summed E-state index contributed by atoms with van der Waals surface area (Å²) in [7, 11) is 0. The third kappa shape index (κ3) is 7.89. The number of rotatable bonds is 4. The van der Waals surface area contributed by atoms with E-state index in [1.54, 1.807) is 18.2 Å². The molecule has 0 aromatic heterocycles. The highest BCUT2D eigenvalue weighted by Gasteiger charge is 2.20. The lowest BCUT2D eigenvalue weighted by molar-refractivity contribution is 0.196. The number of nitriles is 1. The van der Waals surface area contributed by atoms with E-state index in [4.69, 9.17) is 10.4 Å². The largest absolute Gasteiger partial charge is 0.465 e. The van der Waals surface area contributed by atoms with Gasteiger partial charge in [-0.1, -0.05) is 13.3 Å². The van der Waals surface area contributed by atoms with Crippen LogP contribution in [0.5, 0.6) is 0 Å². The number of benzene rings is 1. The fraction of sp³-hybridized carbons (Fsp3) is 0.500. The molecule has 1 aromatic carbocycles. The van der Waals surface area contributed by atoms with Gasteiger partial charge in [0.15, 0.2) is 0 Å². The van der Waals surface area contributed by atoms with Crippen molar-refractivity contribution in [3.8, 4) is 6.07 Å². The maximum absolute atomic E-state index is 12.7. The summed E-state index contributed by atoms with van der Waals surface area (Å²) in [6.45, 7) is 2.19. The van der Waals surface area contributed by atoms with Gasteiger partial charge in [-0.3, -0.25) is 0 Å². The average Bonchev–Trinajstić information content (AvgIpc) is 2.91. The van der Waals surface area contributed by atoms with Crippen molar-refractivity contribution in [1.82, 2.24) is 5.32 Å². The molecule has 0 unspecified atom stereocenters. The molecule has 1 aliphatic rings. The molecule has 22 heavy (non-hydrogen) atoms. The van der Waals surface area contributed by atoms with Crippen LogP contribution >= 0.6 is 11.8 Å². The van der Waals surface area contributed by atoms with Crippen molar-refractivity contribution in [1.29, 1.82) is 5.26 Å². The SMILES string of the molecule is C[C@H]1CC[C@H](CSc2ccc(F)cc2)C1.N#CCNC(=O)O.